The van der Waals surface area contributed by atoms with Crippen LogP contribution in [-0.2, 0) is 30.3 Å². The van der Waals surface area contributed by atoms with Crippen LogP contribution < -0.4 is 5.32 Å². The Kier molecular flexibility index (Phi) is 8.84. The Balaban J connectivity index is 1.46. The molecule has 2 aliphatic carbocycles. The van der Waals surface area contributed by atoms with E-state index in [1.165, 1.54) is 42.5 Å². The lowest BCUT2D eigenvalue weighted by Gasteiger charge is -2.41. The van der Waals surface area contributed by atoms with E-state index in [0.717, 1.165) is 25.0 Å². The Morgan fingerprint density at radius 3 is 2.20 bits per heavy atom. The number of allylic oxidation sites excluding steroid dienone is 1. The fourth-order valence-electron chi connectivity index (χ4n) is 4.40. The predicted octanol–water partition coefficient (Wildman–Crippen LogP) is 1.31. The molecule has 0 aromatic heterocycles. The lowest BCUT2D eigenvalue weighted by Crippen LogP contribution is -2.60. The van der Waals surface area contributed by atoms with Crippen LogP contribution >= 0.6 is 0 Å². The first-order valence-electron chi connectivity index (χ1n) is 12.9. The van der Waals surface area contributed by atoms with Crippen LogP contribution in [0, 0.1) is 0 Å². The van der Waals surface area contributed by atoms with Crippen LogP contribution in [0.15, 0.2) is 54.6 Å². The van der Waals surface area contributed by atoms with Crippen LogP contribution in [-0.4, -0.2) is 78.4 Å². The van der Waals surface area contributed by atoms with Crippen molar-refractivity contribution >= 4 is 23.9 Å². The summed E-state index contributed by atoms with van der Waals surface area (Å²) >= 11 is 0. The second-order valence-electron chi connectivity index (χ2n) is 10.1. The first kappa shape index (κ1) is 29.4. The van der Waals surface area contributed by atoms with Crippen molar-refractivity contribution in [1.82, 2.24) is 5.32 Å². The molecule has 7 N–H and O–H groups in total. The van der Waals surface area contributed by atoms with E-state index in [-0.39, 0.29) is 29.7 Å². The second-order valence-corrected chi connectivity index (χ2v) is 10.1. The summed E-state index contributed by atoms with van der Waals surface area (Å²) in [7, 11) is 0. The summed E-state index contributed by atoms with van der Waals surface area (Å²) in [5.74, 6) is -3.89. The average Bonchev–Trinajstić information content (AvgIpc) is 3.73. The second kappa shape index (κ2) is 12.3. The van der Waals surface area contributed by atoms with Gasteiger partial charge in [-0.1, -0.05) is 18.2 Å². The Hall–Kier alpha value is -4.55. The number of carbonyl (C=O) groups excluding carboxylic acids is 3. The number of hydrogen-bond acceptors (Lipinski definition) is 11. The Labute approximate surface area is 234 Å². The lowest BCUT2D eigenvalue weighted by atomic mass is 9.78. The minimum absolute atomic E-state index is 0.0769. The van der Waals surface area contributed by atoms with Gasteiger partial charge in [-0.25, -0.2) is 9.59 Å². The number of aliphatic hydroxyl groups is 2. The van der Waals surface area contributed by atoms with Gasteiger partial charge in [-0.05, 0) is 60.7 Å². The third-order valence-corrected chi connectivity index (χ3v) is 6.75. The van der Waals surface area contributed by atoms with Crippen molar-refractivity contribution in [3.63, 3.8) is 0 Å². The maximum Gasteiger partial charge on any atom is 0.331 e. The first-order chi connectivity index (χ1) is 19.4. The van der Waals surface area contributed by atoms with Crippen molar-refractivity contribution in [2.24, 2.45) is 0 Å². The highest BCUT2D eigenvalue weighted by Gasteiger charge is 2.52. The van der Waals surface area contributed by atoms with Crippen LogP contribution in [0.5, 0.6) is 23.0 Å². The number of hydrogen-bond donors (Lipinski definition) is 7. The number of ether oxygens (including phenoxy) is 2. The molecule has 41 heavy (non-hydrogen) atoms. The topological polar surface area (TPSA) is 203 Å². The molecule has 12 heteroatoms. The van der Waals surface area contributed by atoms with Gasteiger partial charge in [0.15, 0.2) is 29.1 Å². The fourth-order valence-corrected chi connectivity index (χ4v) is 4.40. The lowest BCUT2D eigenvalue weighted by molar-refractivity contribution is -0.198. The van der Waals surface area contributed by atoms with Crippen molar-refractivity contribution in [1.29, 1.82) is 0 Å². The molecule has 0 saturated heterocycles. The Morgan fingerprint density at radius 2 is 1.54 bits per heavy atom. The summed E-state index contributed by atoms with van der Waals surface area (Å²) in [4.78, 5) is 38.0. The van der Waals surface area contributed by atoms with Gasteiger partial charge in [0.05, 0.1) is 6.10 Å². The van der Waals surface area contributed by atoms with E-state index < -0.39 is 60.3 Å². The highest BCUT2D eigenvalue weighted by atomic mass is 16.6. The number of phenols is 4. The average molecular weight is 570 g/mol. The number of aliphatic hydroxyl groups excluding tert-OH is 1. The van der Waals surface area contributed by atoms with E-state index in [1.807, 2.05) is 0 Å². The molecule has 2 aliphatic rings. The molecule has 0 spiro atoms. The number of esters is 2. The highest BCUT2D eigenvalue weighted by Crippen LogP contribution is 2.34. The largest absolute Gasteiger partial charge is 0.504 e. The molecular formula is C29H31NO11. The zero-order chi connectivity index (χ0) is 29.7. The first-order valence-corrected chi connectivity index (χ1v) is 12.9. The van der Waals surface area contributed by atoms with Crippen molar-refractivity contribution < 1.29 is 54.5 Å². The summed E-state index contributed by atoms with van der Waals surface area (Å²) in [5.41, 5.74) is -1.13. The molecule has 0 aliphatic heterocycles. The number of phenolic OH excluding ortho intramolecular Hbond substituents is 4. The molecule has 1 amide bonds. The van der Waals surface area contributed by atoms with E-state index in [9.17, 15) is 45.0 Å². The number of nitrogens with one attached hydrogen (secondary N) is 1. The van der Waals surface area contributed by atoms with Gasteiger partial charge in [0.25, 0.3) is 5.91 Å². The van der Waals surface area contributed by atoms with Crippen LogP contribution in [0.3, 0.4) is 0 Å². The normalized spacial score (nSPS) is 24.3. The summed E-state index contributed by atoms with van der Waals surface area (Å²) in [5, 5.41) is 62.6. The molecule has 0 unspecified atom stereocenters. The molecule has 4 rings (SSSR count). The van der Waals surface area contributed by atoms with E-state index in [1.54, 1.807) is 6.07 Å². The summed E-state index contributed by atoms with van der Waals surface area (Å²) in [6.07, 6.45) is 1.24. The van der Waals surface area contributed by atoms with Crippen molar-refractivity contribution in [2.75, 3.05) is 0 Å². The third kappa shape index (κ3) is 7.77. The maximum absolute atomic E-state index is 12.7. The Bertz CT molecular complexity index is 1370. The van der Waals surface area contributed by atoms with Crippen LogP contribution in [0.4, 0.5) is 0 Å². The molecule has 0 heterocycles. The summed E-state index contributed by atoms with van der Waals surface area (Å²) < 4.78 is 10.8. The molecule has 2 aromatic rings. The van der Waals surface area contributed by atoms with Crippen LogP contribution in [0.2, 0.25) is 0 Å². The maximum atomic E-state index is 12.7. The van der Waals surface area contributed by atoms with Crippen LogP contribution in [0.25, 0.3) is 6.08 Å². The van der Waals surface area contributed by atoms with Crippen LogP contribution in [0.1, 0.15) is 36.8 Å². The standard InChI is InChI=1S/C29H31NO11/c31-19-9-4-16(12-21(19)33)2-1-3-25(36)40-24-15-29(39,28(38)30-18-7-8-18)14-23(35)27(24)41-26(37)11-6-17-5-10-20(32)22(34)13-17/h1,3-6,9-13,18,23-24,27,31-35,39H,2,7-8,14-15H2,(H,30,38)/t23-,24-,27-,29+/m1/s1. The van der Waals surface area contributed by atoms with Gasteiger partial charge in [-0.3, -0.25) is 4.79 Å². The quantitative estimate of drug-likeness (QED) is 0.130. The van der Waals surface area contributed by atoms with Crippen molar-refractivity contribution in [2.45, 2.75) is 62.1 Å². The smallest absolute Gasteiger partial charge is 0.331 e. The Morgan fingerprint density at radius 1 is 0.878 bits per heavy atom. The molecule has 2 saturated carbocycles. The van der Waals surface area contributed by atoms with Crippen molar-refractivity contribution in [3.8, 4) is 23.0 Å². The minimum atomic E-state index is -2.08. The summed E-state index contributed by atoms with van der Waals surface area (Å²) in [6, 6.07) is 7.96. The molecule has 218 valence electrons. The molecule has 2 fully saturated rings. The third-order valence-electron chi connectivity index (χ3n) is 6.75. The molecule has 12 nitrogen and oxygen atoms in total. The van der Waals surface area contributed by atoms with Gasteiger partial charge in [0.1, 0.15) is 11.7 Å². The van der Waals surface area contributed by atoms with Gasteiger partial charge in [-0.2, -0.15) is 0 Å². The van der Waals surface area contributed by atoms with Gasteiger partial charge in [0.2, 0.25) is 0 Å². The number of carbonyl (C=O) groups is 3. The molecule has 0 radical (unpaired) electrons. The molecule has 2 aromatic carbocycles. The van der Waals surface area contributed by atoms with E-state index in [2.05, 4.69) is 5.32 Å². The molecule has 0 bridgehead atoms. The van der Waals surface area contributed by atoms with Crippen molar-refractivity contribution in [3.05, 3.63) is 65.8 Å². The minimum Gasteiger partial charge on any atom is -0.504 e. The number of amides is 1. The number of aromatic hydroxyl groups is 4. The van der Waals surface area contributed by atoms with E-state index in [0.29, 0.717) is 11.1 Å². The fraction of sp³-hybridized carbons (Fsp3) is 0.345. The zero-order valence-electron chi connectivity index (χ0n) is 21.8. The van der Waals surface area contributed by atoms with Gasteiger partial charge < -0.3 is 45.4 Å². The zero-order valence-corrected chi connectivity index (χ0v) is 21.8. The van der Waals surface area contributed by atoms with Gasteiger partial charge in [0, 0.05) is 31.0 Å². The molecule has 4 atom stereocenters. The predicted molar refractivity (Wildman–Crippen MR) is 143 cm³/mol. The highest BCUT2D eigenvalue weighted by molar-refractivity contribution is 5.88. The summed E-state index contributed by atoms with van der Waals surface area (Å²) in [6.45, 7) is 0. The van der Waals surface area contributed by atoms with Gasteiger partial charge in [-0.15, -0.1) is 0 Å². The monoisotopic (exact) mass is 569 g/mol. The SMILES string of the molecule is O=C(C=Cc1ccc(O)c(O)c1)O[C@@H]1[C@H](O)C[C@@](O)(C(=O)NC2CC2)C[C@H]1OC(=O)C=CCc1ccc(O)c(O)c1. The van der Waals surface area contributed by atoms with E-state index in [4.69, 9.17) is 9.47 Å². The number of benzene rings is 2. The number of rotatable bonds is 9. The molecular weight excluding hydrogens is 538 g/mol. The van der Waals surface area contributed by atoms with E-state index >= 15 is 0 Å². The van der Waals surface area contributed by atoms with Gasteiger partial charge >= 0.3 is 11.9 Å².